The van der Waals surface area contributed by atoms with E-state index >= 15 is 0 Å². The molecule has 7 nitrogen and oxygen atoms in total. The first-order valence-electron chi connectivity index (χ1n) is 14.0. The van der Waals surface area contributed by atoms with Gasteiger partial charge < -0.3 is 19.5 Å². The van der Waals surface area contributed by atoms with Gasteiger partial charge in [0, 0.05) is 60.0 Å². The first-order valence-corrected chi connectivity index (χ1v) is 14.4. The van der Waals surface area contributed by atoms with Crippen LogP contribution in [0.15, 0.2) is 66.0 Å². The summed E-state index contributed by atoms with van der Waals surface area (Å²) in [6, 6.07) is 13.8. The second kappa shape index (κ2) is 11.1. The number of carbonyl (C=O) groups excluding carboxylic acids is 2. The summed E-state index contributed by atoms with van der Waals surface area (Å²) in [7, 11) is 1.61. The number of hydrogen-bond acceptors (Lipinski definition) is 8. The summed E-state index contributed by atoms with van der Waals surface area (Å²) in [6.07, 6.45) is 3.17. The number of rotatable bonds is 5. The lowest BCUT2D eigenvalue weighted by molar-refractivity contribution is -0.149. The number of carbonyl (C=O) groups is 2. The number of ketones is 1. The van der Waals surface area contributed by atoms with Crippen LogP contribution >= 0.6 is 12.6 Å². The lowest BCUT2D eigenvalue weighted by atomic mass is 9.63. The number of halogens is 1. The highest BCUT2D eigenvalue weighted by Gasteiger charge is 2.53. The smallest absolute Gasteiger partial charge is 0.336 e. The number of nitrogens with one attached hydrogen (secondary N) is 1. The van der Waals surface area contributed by atoms with Gasteiger partial charge in [0.25, 0.3) is 0 Å². The van der Waals surface area contributed by atoms with Gasteiger partial charge in [0.15, 0.2) is 0 Å². The number of hydrogen-bond donors (Lipinski definition) is 2. The van der Waals surface area contributed by atoms with E-state index in [1.54, 1.807) is 31.5 Å². The summed E-state index contributed by atoms with van der Waals surface area (Å²) in [5, 5.41) is 4.06. The van der Waals surface area contributed by atoms with Crippen LogP contribution in [0.4, 0.5) is 4.39 Å². The lowest BCUT2D eigenvalue weighted by Gasteiger charge is -2.48. The molecule has 1 aliphatic carbocycles. The first kappa shape index (κ1) is 27.7. The molecular weight excluding hydrogens is 543 g/mol. The highest BCUT2D eigenvalue weighted by Crippen LogP contribution is 2.53. The van der Waals surface area contributed by atoms with Crippen LogP contribution in [-0.4, -0.2) is 49.2 Å². The van der Waals surface area contributed by atoms with Gasteiger partial charge in [0.2, 0.25) is 0 Å². The topological polar surface area (TPSA) is 86.8 Å². The third kappa shape index (κ3) is 4.99. The van der Waals surface area contributed by atoms with E-state index in [1.807, 2.05) is 31.2 Å². The minimum Gasteiger partial charge on any atom is -0.496 e. The largest absolute Gasteiger partial charge is 0.496 e. The summed E-state index contributed by atoms with van der Waals surface area (Å²) in [5.74, 6) is -1.53. The molecule has 1 N–H and O–H groups in total. The standard InChI is InChI=1S/C32H33FN2O5S/c1-18-27(31(37)40-19-11-14-39-15-12-19)28(20-10-13-34-30-21(20)6-5-8-23(30)33)29-24(35-18)16-32(41,17-25(29)36)22-7-3-4-9-26(22)38-2/h3-10,13,19,24,28-29,35,41H,11-12,14-17H2,1-2H3/t24?,28?,29?,32-/m1/s1. The van der Waals surface area contributed by atoms with Crippen molar-refractivity contribution in [2.24, 2.45) is 5.92 Å². The molecule has 0 amide bonds. The molecule has 3 aromatic rings. The molecule has 4 atom stereocenters. The van der Waals surface area contributed by atoms with Gasteiger partial charge in [-0.2, -0.15) is 12.6 Å². The molecular formula is C32H33FN2O5S. The van der Waals surface area contributed by atoms with Gasteiger partial charge in [-0.1, -0.05) is 30.3 Å². The molecule has 214 valence electrons. The molecule has 2 fully saturated rings. The highest BCUT2D eigenvalue weighted by molar-refractivity contribution is 7.81. The predicted octanol–water partition coefficient (Wildman–Crippen LogP) is 5.24. The molecule has 1 saturated carbocycles. The van der Waals surface area contributed by atoms with Gasteiger partial charge in [-0.3, -0.25) is 9.78 Å². The van der Waals surface area contributed by atoms with Gasteiger partial charge >= 0.3 is 5.97 Å². The van der Waals surface area contributed by atoms with Crippen molar-refractivity contribution < 1.29 is 28.2 Å². The molecule has 9 heteroatoms. The van der Waals surface area contributed by atoms with Crippen LogP contribution in [-0.2, 0) is 23.8 Å². The Morgan fingerprint density at radius 1 is 1.15 bits per heavy atom. The minimum absolute atomic E-state index is 0.0371. The first-order chi connectivity index (χ1) is 19.8. The molecule has 6 rings (SSSR count). The Morgan fingerprint density at radius 3 is 2.71 bits per heavy atom. The maximum Gasteiger partial charge on any atom is 0.336 e. The molecule has 3 aliphatic rings. The maximum absolute atomic E-state index is 14.9. The predicted molar refractivity (Wildman–Crippen MR) is 155 cm³/mol. The highest BCUT2D eigenvalue weighted by atomic mass is 32.1. The van der Waals surface area contributed by atoms with E-state index in [2.05, 4.69) is 10.3 Å². The van der Waals surface area contributed by atoms with E-state index < -0.39 is 28.4 Å². The summed E-state index contributed by atoms with van der Waals surface area (Å²) in [5.41, 5.74) is 2.77. The second-order valence-corrected chi connectivity index (χ2v) is 12.0. The van der Waals surface area contributed by atoms with E-state index in [9.17, 15) is 14.0 Å². The van der Waals surface area contributed by atoms with E-state index in [0.717, 1.165) is 5.56 Å². The van der Waals surface area contributed by atoms with Gasteiger partial charge in [-0.05, 0) is 37.1 Å². The molecule has 3 heterocycles. The zero-order valence-electron chi connectivity index (χ0n) is 23.1. The van der Waals surface area contributed by atoms with Crippen molar-refractivity contribution in [3.8, 4) is 5.75 Å². The number of methoxy groups -OCH3 is 1. The van der Waals surface area contributed by atoms with Crippen LogP contribution in [0, 0.1) is 11.7 Å². The van der Waals surface area contributed by atoms with E-state index in [1.165, 1.54) is 6.07 Å². The number of aromatic nitrogens is 1. The van der Waals surface area contributed by atoms with E-state index in [0.29, 0.717) is 60.4 Å². The fourth-order valence-corrected chi connectivity index (χ4v) is 7.36. The van der Waals surface area contributed by atoms with Crippen LogP contribution in [0.25, 0.3) is 10.9 Å². The zero-order valence-corrected chi connectivity index (χ0v) is 24.0. The molecule has 41 heavy (non-hydrogen) atoms. The van der Waals surface area contributed by atoms with Crippen molar-refractivity contribution >= 4 is 35.3 Å². The number of fused-ring (bicyclic) bond motifs is 2. The second-order valence-electron chi connectivity index (χ2n) is 11.1. The van der Waals surface area contributed by atoms with Gasteiger partial charge in [0.1, 0.15) is 29.0 Å². The number of Topliss-reactive ketones (excluding diaryl/α,β-unsaturated/α-hetero) is 1. The average molecular weight is 577 g/mol. The molecule has 1 aromatic heterocycles. The number of para-hydroxylation sites is 2. The molecule has 3 unspecified atom stereocenters. The van der Waals surface area contributed by atoms with Crippen molar-refractivity contribution in [3.63, 3.8) is 0 Å². The third-order valence-corrected chi connectivity index (χ3v) is 9.25. The molecule has 2 aliphatic heterocycles. The number of esters is 1. The molecule has 1 saturated heterocycles. The lowest BCUT2D eigenvalue weighted by Crippen LogP contribution is -2.55. The van der Waals surface area contributed by atoms with Crippen molar-refractivity contribution in [1.29, 1.82) is 0 Å². The van der Waals surface area contributed by atoms with E-state index in [-0.39, 0.29) is 29.9 Å². The zero-order chi connectivity index (χ0) is 28.7. The quantitative estimate of drug-likeness (QED) is 0.317. The fraction of sp³-hybridized carbons (Fsp3) is 0.406. The van der Waals surface area contributed by atoms with Crippen LogP contribution in [0.2, 0.25) is 0 Å². The molecule has 0 spiro atoms. The molecule has 0 bridgehead atoms. The minimum atomic E-state index is -0.783. The summed E-state index contributed by atoms with van der Waals surface area (Å²) < 4.78 is 31.1. The van der Waals surface area contributed by atoms with Crippen molar-refractivity contribution in [2.45, 2.75) is 55.4 Å². The maximum atomic E-state index is 14.9. The summed E-state index contributed by atoms with van der Waals surface area (Å²) in [4.78, 5) is 32.4. The molecule has 0 radical (unpaired) electrons. The van der Waals surface area contributed by atoms with Gasteiger partial charge in [-0.15, -0.1) is 0 Å². The van der Waals surface area contributed by atoms with Crippen LogP contribution in [0.5, 0.6) is 5.75 Å². The Balaban J connectivity index is 1.46. The molecule has 2 aromatic carbocycles. The number of benzene rings is 2. The van der Waals surface area contributed by atoms with Crippen LogP contribution < -0.4 is 10.1 Å². The summed E-state index contributed by atoms with van der Waals surface area (Å²) >= 11 is 5.09. The van der Waals surface area contributed by atoms with E-state index in [4.69, 9.17) is 26.8 Å². The summed E-state index contributed by atoms with van der Waals surface area (Å²) in [6.45, 7) is 2.90. The van der Waals surface area contributed by atoms with Gasteiger partial charge in [-0.25, -0.2) is 9.18 Å². The Labute approximate surface area is 243 Å². The Kier molecular flexibility index (Phi) is 7.50. The number of thiol groups is 1. The Morgan fingerprint density at radius 2 is 1.93 bits per heavy atom. The normalized spacial score (nSPS) is 26.8. The average Bonchev–Trinajstić information content (AvgIpc) is 2.96. The SMILES string of the molecule is COc1ccccc1[C@]1(S)CC(=O)C2C(C1)NC(C)=C(C(=O)OC1CCOCC1)C2c1ccnc2c(F)cccc12. The monoisotopic (exact) mass is 576 g/mol. The van der Waals surface area contributed by atoms with Crippen LogP contribution in [0.3, 0.4) is 0 Å². The number of pyridine rings is 1. The Hall–Kier alpha value is -3.43. The van der Waals surface area contributed by atoms with Crippen molar-refractivity contribution in [2.75, 3.05) is 20.3 Å². The van der Waals surface area contributed by atoms with Gasteiger partial charge in [0.05, 0.1) is 30.6 Å². The number of allylic oxidation sites excluding steroid dienone is 1. The van der Waals surface area contributed by atoms with Crippen molar-refractivity contribution in [1.82, 2.24) is 10.3 Å². The van der Waals surface area contributed by atoms with Crippen molar-refractivity contribution in [3.05, 3.63) is 82.9 Å². The number of ether oxygens (including phenoxy) is 3. The number of nitrogens with zero attached hydrogens (tertiary/aromatic N) is 1. The third-order valence-electron chi connectivity index (χ3n) is 8.67. The van der Waals surface area contributed by atoms with Crippen LogP contribution in [0.1, 0.15) is 49.7 Å². The Bertz CT molecular complexity index is 1540. The fourth-order valence-electron chi connectivity index (χ4n) is 6.83.